The fourth-order valence-corrected chi connectivity index (χ4v) is 2.47. The first-order chi connectivity index (χ1) is 12.7. The molecule has 0 saturated carbocycles. The van der Waals surface area contributed by atoms with E-state index in [2.05, 4.69) is 10.3 Å². The molecular weight excluding hydrogens is 334 g/mol. The van der Waals surface area contributed by atoms with E-state index in [4.69, 9.17) is 9.47 Å². The molecule has 0 spiro atoms. The summed E-state index contributed by atoms with van der Waals surface area (Å²) in [6, 6.07) is 9.36. The summed E-state index contributed by atoms with van der Waals surface area (Å²) in [5, 5.41) is 3.02. The number of rotatable bonds is 10. The van der Waals surface area contributed by atoms with Crippen LogP contribution in [0.1, 0.15) is 20.3 Å². The molecule has 0 atom stereocenters. The normalized spacial score (nSPS) is 10.5. The molecule has 7 nitrogen and oxygen atoms in total. The van der Waals surface area contributed by atoms with Gasteiger partial charge >= 0.3 is 5.97 Å². The predicted molar refractivity (Wildman–Crippen MR) is 100 cm³/mol. The van der Waals surface area contributed by atoms with Crippen LogP contribution in [0.5, 0.6) is 0 Å². The molecule has 0 saturated heterocycles. The van der Waals surface area contributed by atoms with Crippen LogP contribution in [0.3, 0.4) is 0 Å². The van der Waals surface area contributed by atoms with Gasteiger partial charge in [0.15, 0.2) is 5.82 Å². The molecule has 0 fully saturated rings. The quantitative estimate of drug-likeness (QED) is 0.518. The van der Waals surface area contributed by atoms with Crippen molar-refractivity contribution in [2.75, 3.05) is 31.7 Å². The van der Waals surface area contributed by atoms with Crippen LogP contribution in [0, 0.1) is 0 Å². The van der Waals surface area contributed by atoms with Crippen molar-refractivity contribution in [2.24, 2.45) is 0 Å². The molecule has 140 valence electrons. The Morgan fingerprint density at radius 2 is 1.96 bits per heavy atom. The van der Waals surface area contributed by atoms with Crippen LogP contribution < -0.4 is 10.9 Å². The van der Waals surface area contributed by atoms with Gasteiger partial charge in [-0.05, 0) is 25.8 Å². The first-order valence-electron chi connectivity index (χ1n) is 8.79. The first kappa shape index (κ1) is 19.7. The molecule has 0 radical (unpaired) electrons. The smallest absolute Gasteiger partial charge is 0.326 e. The number of carbonyl (C=O) groups excluding carboxylic acids is 1. The molecule has 1 N–H and O–H groups in total. The topological polar surface area (TPSA) is 82.4 Å². The summed E-state index contributed by atoms with van der Waals surface area (Å²) < 4.78 is 11.7. The molecule has 1 aromatic heterocycles. The third kappa shape index (κ3) is 5.42. The molecule has 0 amide bonds. The summed E-state index contributed by atoms with van der Waals surface area (Å²) in [5.41, 5.74) is 1.03. The third-order valence-electron chi connectivity index (χ3n) is 3.68. The number of hydrogen-bond donors (Lipinski definition) is 1. The lowest BCUT2D eigenvalue weighted by Crippen LogP contribution is -2.30. The van der Waals surface area contributed by atoms with E-state index in [1.807, 2.05) is 37.3 Å². The van der Waals surface area contributed by atoms with Crippen molar-refractivity contribution in [1.29, 1.82) is 0 Å². The van der Waals surface area contributed by atoms with Gasteiger partial charge < -0.3 is 14.8 Å². The van der Waals surface area contributed by atoms with Crippen molar-refractivity contribution in [3.8, 4) is 11.3 Å². The lowest BCUT2D eigenvalue weighted by atomic mass is 10.1. The van der Waals surface area contributed by atoms with E-state index >= 15 is 0 Å². The average molecular weight is 359 g/mol. The van der Waals surface area contributed by atoms with Gasteiger partial charge in [0.05, 0.1) is 18.5 Å². The average Bonchev–Trinajstić information content (AvgIpc) is 2.65. The Hall–Kier alpha value is -2.67. The van der Waals surface area contributed by atoms with Gasteiger partial charge in [-0.25, -0.2) is 4.98 Å². The van der Waals surface area contributed by atoms with Crippen molar-refractivity contribution in [1.82, 2.24) is 9.55 Å². The summed E-state index contributed by atoms with van der Waals surface area (Å²) in [4.78, 5) is 29.0. The summed E-state index contributed by atoms with van der Waals surface area (Å²) in [7, 11) is 0. The van der Waals surface area contributed by atoms with E-state index in [0.29, 0.717) is 25.5 Å². The summed E-state index contributed by atoms with van der Waals surface area (Å²) in [5.74, 6) is -0.245. The highest BCUT2D eigenvalue weighted by Crippen LogP contribution is 2.17. The number of carbonyl (C=O) groups is 1. The highest BCUT2D eigenvalue weighted by molar-refractivity contribution is 5.71. The number of nitrogens with zero attached hydrogens (tertiary/aromatic N) is 2. The maximum Gasteiger partial charge on any atom is 0.326 e. The second kappa shape index (κ2) is 10.4. The summed E-state index contributed by atoms with van der Waals surface area (Å²) >= 11 is 0. The Bertz CT molecular complexity index is 759. The number of ether oxygens (including phenoxy) is 2. The van der Waals surface area contributed by atoms with E-state index in [1.54, 1.807) is 13.1 Å². The van der Waals surface area contributed by atoms with E-state index in [9.17, 15) is 9.59 Å². The van der Waals surface area contributed by atoms with Gasteiger partial charge in [-0.3, -0.25) is 14.2 Å². The number of anilines is 1. The second-order valence-corrected chi connectivity index (χ2v) is 5.53. The van der Waals surface area contributed by atoms with Gasteiger partial charge in [0.2, 0.25) is 0 Å². The third-order valence-corrected chi connectivity index (χ3v) is 3.68. The van der Waals surface area contributed by atoms with E-state index in [1.165, 1.54) is 4.57 Å². The Kier molecular flexibility index (Phi) is 7.82. The number of hydrogen-bond acceptors (Lipinski definition) is 6. The molecule has 1 aromatic carbocycles. The molecule has 1 heterocycles. The van der Waals surface area contributed by atoms with E-state index < -0.39 is 5.97 Å². The number of esters is 1. The van der Waals surface area contributed by atoms with Crippen LogP contribution in [0.4, 0.5) is 5.82 Å². The first-order valence-corrected chi connectivity index (χ1v) is 8.79. The van der Waals surface area contributed by atoms with Crippen molar-refractivity contribution >= 4 is 11.8 Å². The number of aromatic nitrogens is 2. The molecule has 0 bridgehead atoms. The van der Waals surface area contributed by atoms with Crippen LogP contribution >= 0.6 is 0 Å². The fourth-order valence-electron chi connectivity index (χ4n) is 2.47. The van der Waals surface area contributed by atoms with Crippen molar-refractivity contribution in [2.45, 2.75) is 26.8 Å². The minimum absolute atomic E-state index is 0.160. The van der Waals surface area contributed by atoms with Gasteiger partial charge in [0, 0.05) is 19.8 Å². The monoisotopic (exact) mass is 359 g/mol. The zero-order valence-corrected chi connectivity index (χ0v) is 15.2. The summed E-state index contributed by atoms with van der Waals surface area (Å²) in [6.45, 7) is 5.61. The zero-order valence-electron chi connectivity index (χ0n) is 15.2. The number of nitrogens with one attached hydrogen (secondary N) is 1. The highest BCUT2D eigenvalue weighted by Gasteiger charge is 2.15. The van der Waals surface area contributed by atoms with Crippen LogP contribution in [0.25, 0.3) is 11.3 Å². The maximum atomic E-state index is 12.8. The van der Waals surface area contributed by atoms with Gasteiger partial charge in [-0.15, -0.1) is 0 Å². The predicted octanol–water partition coefficient (Wildman–Crippen LogP) is 2.31. The Morgan fingerprint density at radius 3 is 2.65 bits per heavy atom. The fraction of sp³-hybridized carbons (Fsp3) is 0.421. The molecular formula is C19H25N3O4. The standard InChI is InChI=1S/C19H25N3O4/c1-3-25-12-8-11-20-18-19(24)22(14-17(23)26-4-2)16(13-21-18)15-9-6-5-7-10-15/h5-7,9-10,13H,3-4,8,11-12,14H2,1-2H3,(H,20,21). The lowest BCUT2D eigenvalue weighted by Gasteiger charge is -2.14. The van der Waals surface area contributed by atoms with Gasteiger partial charge in [-0.2, -0.15) is 0 Å². The van der Waals surface area contributed by atoms with Crippen molar-refractivity contribution in [3.05, 3.63) is 46.9 Å². The van der Waals surface area contributed by atoms with Crippen LogP contribution in [-0.4, -0.2) is 41.9 Å². The van der Waals surface area contributed by atoms with Gasteiger partial charge in [-0.1, -0.05) is 30.3 Å². The van der Waals surface area contributed by atoms with Gasteiger partial charge in [0.25, 0.3) is 5.56 Å². The Balaban J connectivity index is 2.27. The molecule has 0 unspecified atom stereocenters. The van der Waals surface area contributed by atoms with E-state index in [0.717, 1.165) is 12.0 Å². The van der Waals surface area contributed by atoms with Crippen molar-refractivity contribution < 1.29 is 14.3 Å². The molecule has 0 aliphatic heterocycles. The van der Waals surface area contributed by atoms with E-state index in [-0.39, 0.29) is 24.5 Å². The second-order valence-electron chi connectivity index (χ2n) is 5.53. The molecule has 26 heavy (non-hydrogen) atoms. The largest absolute Gasteiger partial charge is 0.465 e. The SMILES string of the molecule is CCOCCCNc1ncc(-c2ccccc2)n(CC(=O)OCC)c1=O. The minimum atomic E-state index is -0.458. The Morgan fingerprint density at radius 1 is 1.19 bits per heavy atom. The van der Waals surface area contributed by atoms with Crippen LogP contribution in [-0.2, 0) is 20.8 Å². The van der Waals surface area contributed by atoms with Gasteiger partial charge in [0.1, 0.15) is 6.54 Å². The highest BCUT2D eigenvalue weighted by atomic mass is 16.5. The zero-order chi connectivity index (χ0) is 18.8. The summed E-state index contributed by atoms with van der Waals surface area (Å²) in [6.07, 6.45) is 2.36. The molecule has 2 rings (SSSR count). The van der Waals surface area contributed by atoms with Crippen LogP contribution in [0.15, 0.2) is 41.3 Å². The lowest BCUT2D eigenvalue weighted by molar-refractivity contribution is -0.143. The maximum absolute atomic E-state index is 12.8. The molecule has 2 aromatic rings. The molecule has 7 heteroatoms. The molecule has 0 aliphatic rings. The number of benzene rings is 1. The molecule has 0 aliphatic carbocycles. The van der Waals surface area contributed by atoms with Crippen LogP contribution in [0.2, 0.25) is 0 Å². The minimum Gasteiger partial charge on any atom is -0.465 e. The van der Waals surface area contributed by atoms with Crippen molar-refractivity contribution in [3.63, 3.8) is 0 Å². The Labute approximate surface area is 153 Å².